The molecule has 0 aromatic heterocycles. The van der Waals surface area contributed by atoms with E-state index in [-0.39, 0.29) is 10.00 Å². The van der Waals surface area contributed by atoms with Gasteiger partial charge in [-0.05, 0) is 16.7 Å². The number of carbonyl (C=O) groups is 1. The standard InChI is InChI=1S/C23H22OS/c1-19(17-18-24)25-23(20-11-5-2-6-12-20,21-13-7-3-8-14-21)22-15-9-4-10-16-22/h2-16,18-19H,17H2,1H3. The van der Waals surface area contributed by atoms with Crippen LogP contribution in [-0.4, -0.2) is 11.5 Å². The van der Waals surface area contributed by atoms with E-state index in [4.69, 9.17) is 0 Å². The van der Waals surface area contributed by atoms with Crippen molar-refractivity contribution in [3.63, 3.8) is 0 Å². The van der Waals surface area contributed by atoms with Crippen LogP contribution in [0.15, 0.2) is 91.0 Å². The number of hydrogen-bond donors (Lipinski definition) is 0. The molecule has 3 aromatic carbocycles. The van der Waals surface area contributed by atoms with Gasteiger partial charge in [-0.2, -0.15) is 0 Å². The summed E-state index contributed by atoms with van der Waals surface area (Å²) in [7, 11) is 0. The topological polar surface area (TPSA) is 17.1 Å². The molecule has 0 fully saturated rings. The average molecular weight is 346 g/mol. The van der Waals surface area contributed by atoms with Gasteiger partial charge in [0.1, 0.15) is 6.29 Å². The Kier molecular flexibility index (Phi) is 5.72. The van der Waals surface area contributed by atoms with E-state index >= 15 is 0 Å². The Hall–Kier alpha value is -2.32. The molecule has 1 nitrogen and oxygen atoms in total. The third-order valence-corrected chi connectivity index (χ3v) is 6.00. The van der Waals surface area contributed by atoms with Crippen molar-refractivity contribution in [2.45, 2.75) is 23.3 Å². The first kappa shape index (κ1) is 17.5. The zero-order valence-electron chi connectivity index (χ0n) is 14.3. The number of hydrogen-bond acceptors (Lipinski definition) is 2. The molecule has 1 unspecified atom stereocenters. The van der Waals surface area contributed by atoms with E-state index in [1.165, 1.54) is 16.7 Å². The van der Waals surface area contributed by atoms with Crippen LogP contribution < -0.4 is 0 Å². The van der Waals surface area contributed by atoms with Crippen LogP contribution in [0.25, 0.3) is 0 Å². The first-order valence-corrected chi connectivity index (χ1v) is 9.43. The van der Waals surface area contributed by atoms with Crippen molar-refractivity contribution in [3.05, 3.63) is 108 Å². The Balaban J connectivity index is 2.25. The van der Waals surface area contributed by atoms with Gasteiger partial charge in [-0.3, -0.25) is 0 Å². The first-order chi connectivity index (χ1) is 12.3. The summed E-state index contributed by atoms with van der Waals surface area (Å²) in [5.74, 6) is 0. The maximum absolute atomic E-state index is 11.1. The third-order valence-electron chi connectivity index (χ3n) is 4.35. The van der Waals surface area contributed by atoms with Crippen LogP contribution in [0, 0.1) is 0 Å². The fourth-order valence-corrected chi connectivity index (χ4v) is 4.80. The molecule has 0 bridgehead atoms. The lowest BCUT2D eigenvalue weighted by molar-refractivity contribution is -0.107. The molecule has 0 saturated carbocycles. The molecule has 3 rings (SSSR count). The van der Waals surface area contributed by atoms with Crippen molar-refractivity contribution >= 4 is 18.0 Å². The highest BCUT2D eigenvalue weighted by Gasteiger charge is 2.38. The van der Waals surface area contributed by atoms with E-state index in [1.54, 1.807) is 0 Å². The quantitative estimate of drug-likeness (QED) is 0.404. The molecule has 0 aliphatic carbocycles. The molecule has 25 heavy (non-hydrogen) atoms. The average Bonchev–Trinajstić information content (AvgIpc) is 2.68. The Morgan fingerprint density at radius 3 is 1.44 bits per heavy atom. The van der Waals surface area contributed by atoms with Crippen molar-refractivity contribution in [1.29, 1.82) is 0 Å². The van der Waals surface area contributed by atoms with Gasteiger partial charge in [-0.1, -0.05) is 97.9 Å². The zero-order chi connectivity index (χ0) is 17.5. The lowest BCUT2D eigenvalue weighted by Gasteiger charge is -2.37. The van der Waals surface area contributed by atoms with Crippen LogP contribution in [0.1, 0.15) is 30.0 Å². The van der Waals surface area contributed by atoms with E-state index in [0.717, 1.165) is 6.29 Å². The summed E-state index contributed by atoms with van der Waals surface area (Å²) in [5.41, 5.74) is 3.69. The molecule has 0 spiro atoms. The zero-order valence-corrected chi connectivity index (χ0v) is 15.2. The van der Waals surface area contributed by atoms with Gasteiger partial charge in [0.2, 0.25) is 0 Å². The predicted molar refractivity (Wildman–Crippen MR) is 107 cm³/mol. The Morgan fingerprint density at radius 2 is 1.12 bits per heavy atom. The van der Waals surface area contributed by atoms with Gasteiger partial charge in [0.25, 0.3) is 0 Å². The third kappa shape index (κ3) is 3.69. The highest BCUT2D eigenvalue weighted by atomic mass is 32.2. The molecule has 126 valence electrons. The molecule has 0 aliphatic rings. The summed E-state index contributed by atoms with van der Waals surface area (Å²) in [6.45, 7) is 2.13. The fraction of sp³-hybridized carbons (Fsp3) is 0.174. The Bertz CT molecular complexity index is 687. The minimum absolute atomic E-state index is 0.207. The highest BCUT2D eigenvalue weighted by molar-refractivity contribution is 8.01. The minimum Gasteiger partial charge on any atom is -0.303 e. The van der Waals surface area contributed by atoms with Gasteiger partial charge in [-0.15, -0.1) is 11.8 Å². The molecule has 2 heteroatoms. The second kappa shape index (κ2) is 8.17. The van der Waals surface area contributed by atoms with Gasteiger partial charge in [0.15, 0.2) is 0 Å². The molecule has 1 atom stereocenters. The van der Waals surface area contributed by atoms with Crippen LogP contribution in [0.4, 0.5) is 0 Å². The SMILES string of the molecule is CC(CC=O)SC(c1ccccc1)(c1ccccc1)c1ccccc1. The number of benzene rings is 3. The summed E-state index contributed by atoms with van der Waals surface area (Å²) in [4.78, 5) is 11.1. The number of carbonyl (C=O) groups excluding carboxylic acids is 1. The summed E-state index contributed by atoms with van der Waals surface area (Å²) in [5, 5.41) is 0.207. The second-order valence-corrected chi connectivity index (χ2v) is 7.76. The summed E-state index contributed by atoms with van der Waals surface area (Å²) in [6.07, 6.45) is 1.56. The van der Waals surface area contributed by atoms with Crippen molar-refractivity contribution in [1.82, 2.24) is 0 Å². The van der Waals surface area contributed by atoms with Crippen molar-refractivity contribution in [2.75, 3.05) is 0 Å². The van der Waals surface area contributed by atoms with Crippen LogP contribution >= 0.6 is 11.8 Å². The van der Waals surface area contributed by atoms with Crippen LogP contribution in [0.5, 0.6) is 0 Å². The van der Waals surface area contributed by atoms with Gasteiger partial charge < -0.3 is 4.79 Å². The molecule has 0 radical (unpaired) electrons. The van der Waals surface area contributed by atoms with Gasteiger partial charge in [-0.25, -0.2) is 0 Å². The van der Waals surface area contributed by atoms with Crippen molar-refractivity contribution < 1.29 is 4.79 Å². The Labute approximate surface area is 154 Å². The highest BCUT2D eigenvalue weighted by Crippen LogP contribution is 2.50. The molecule has 0 aliphatic heterocycles. The molecule has 0 saturated heterocycles. The fourth-order valence-electron chi connectivity index (χ4n) is 3.21. The normalized spacial score (nSPS) is 12.5. The maximum Gasteiger partial charge on any atom is 0.121 e. The smallest absolute Gasteiger partial charge is 0.121 e. The van der Waals surface area contributed by atoms with Crippen molar-refractivity contribution in [2.24, 2.45) is 0 Å². The predicted octanol–water partition coefficient (Wildman–Crippen LogP) is 5.69. The lowest BCUT2D eigenvalue weighted by atomic mass is 9.84. The second-order valence-electron chi connectivity index (χ2n) is 6.11. The van der Waals surface area contributed by atoms with E-state index in [9.17, 15) is 4.79 Å². The van der Waals surface area contributed by atoms with Crippen LogP contribution in [0.3, 0.4) is 0 Å². The molecule has 0 N–H and O–H groups in total. The van der Waals surface area contributed by atoms with E-state index < -0.39 is 0 Å². The molecule has 3 aromatic rings. The number of aldehydes is 1. The largest absolute Gasteiger partial charge is 0.303 e. The lowest BCUT2D eigenvalue weighted by Crippen LogP contribution is -2.28. The van der Waals surface area contributed by atoms with Crippen LogP contribution in [-0.2, 0) is 9.54 Å². The molecule has 0 amide bonds. The molecular weight excluding hydrogens is 324 g/mol. The summed E-state index contributed by atoms with van der Waals surface area (Å²) >= 11 is 1.84. The molecule has 0 heterocycles. The minimum atomic E-state index is -0.341. The maximum atomic E-state index is 11.1. The molecular formula is C23H22OS. The number of thioether (sulfide) groups is 1. The van der Waals surface area contributed by atoms with Gasteiger partial charge >= 0.3 is 0 Å². The van der Waals surface area contributed by atoms with Gasteiger partial charge in [0, 0.05) is 11.7 Å². The van der Waals surface area contributed by atoms with Crippen molar-refractivity contribution in [3.8, 4) is 0 Å². The van der Waals surface area contributed by atoms with E-state index in [1.807, 2.05) is 30.0 Å². The van der Waals surface area contributed by atoms with Gasteiger partial charge in [0.05, 0.1) is 4.75 Å². The van der Waals surface area contributed by atoms with Crippen LogP contribution in [0.2, 0.25) is 0 Å². The monoisotopic (exact) mass is 346 g/mol. The van der Waals surface area contributed by atoms with E-state index in [2.05, 4.69) is 79.7 Å². The summed E-state index contributed by atoms with van der Waals surface area (Å²) in [6, 6.07) is 31.7. The Morgan fingerprint density at radius 1 is 0.760 bits per heavy atom. The first-order valence-electron chi connectivity index (χ1n) is 8.55. The summed E-state index contributed by atoms with van der Waals surface area (Å²) < 4.78 is -0.341. The number of rotatable bonds is 7. The van der Waals surface area contributed by atoms with E-state index in [0.29, 0.717) is 6.42 Å².